The summed E-state index contributed by atoms with van der Waals surface area (Å²) < 4.78 is 12.4. The molecule has 27 heavy (non-hydrogen) atoms. The Morgan fingerprint density at radius 2 is 1.74 bits per heavy atom. The van der Waals surface area contributed by atoms with Crippen LogP contribution in [0.4, 0.5) is 11.5 Å². The number of fused-ring (bicyclic) bond motifs is 1. The second-order valence-corrected chi connectivity index (χ2v) is 6.12. The van der Waals surface area contributed by atoms with Crippen LogP contribution in [0.15, 0.2) is 55.0 Å². The molecule has 0 bridgehead atoms. The normalized spacial score (nSPS) is 10.8. The fourth-order valence-corrected chi connectivity index (χ4v) is 2.89. The van der Waals surface area contributed by atoms with Gasteiger partial charge < -0.3 is 14.8 Å². The molecule has 0 unspecified atom stereocenters. The number of methoxy groups -OCH3 is 2. The molecule has 8 heteroatoms. The molecule has 2 heterocycles. The lowest BCUT2D eigenvalue weighted by Crippen LogP contribution is -2.00. The second kappa shape index (κ2) is 7.13. The fourth-order valence-electron chi connectivity index (χ4n) is 2.77. The van der Waals surface area contributed by atoms with Crippen molar-refractivity contribution in [3.8, 4) is 17.2 Å². The van der Waals surface area contributed by atoms with Crippen LogP contribution in [0, 0.1) is 0 Å². The molecule has 4 aromatic rings. The maximum atomic E-state index is 5.97. The quantitative estimate of drug-likeness (QED) is 0.557. The topological polar surface area (TPSA) is 74.1 Å². The van der Waals surface area contributed by atoms with Crippen LogP contribution in [0.5, 0.6) is 11.5 Å². The van der Waals surface area contributed by atoms with E-state index in [1.165, 1.54) is 6.33 Å². The van der Waals surface area contributed by atoms with Crippen molar-refractivity contribution in [2.45, 2.75) is 0 Å². The van der Waals surface area contributed by atoms with Gasteiger partial charge in [0, 0.05) is 16.8 Å². The van der Waals surface area contributed by atoms with Gasteiger partial charge in [-0.3, -0.25) is 0 Å². The Hall–Kier alpha value is -3.32. The molecule has 4 rings (SSSR count). The molecular weight excluding hydrogens is 366 g/mol. The molecule has 0 saturated heterocycles. The third kappa shape index (κ3) is 3.24. The van der Waals surface area contributed by atoms with Crippen molar-refractivity contribution in [2.24, 2.45) is 0 Å². The lowest BCUT2D eigenvalue weighted by Gasteiger charge is -2.11. The lowest BCUT2D eigenvalue weighted by atomic mass is 10.2. The summed E-state index contributed by atoms with van der Waals surface area (Å²) in [5.74, 6) is 1.93. The van der Waals surface area contributed by atoms with Crippen LogP contribution in [0.25, 0.3) is 16.7 Å². The average Bonchev–Trinajstić information content (AvgIpc) is 3.13. The van der Waals surface area contributed by atoms with Gasteiger partial charge in [-0.05, 0) is 36.4 Å². The lowest BCUT2D eigenvalue weighted by molar-refractivity contribution is 0.355. The van der Waals surface area contributed by atoms with Gasteiger partial charge in [0.15, 0.2) is 17.1 Å². The van der Waals surface area contributed by atoms with Crippen LogP contribution >= 0.6 is 11.6 Å². The number of ether oxygens (including phenoxy) is 2. The summed E-state index contributed by atoms with van der Waals surface area (Å²) >= 11 is 5.97. The number of aromatic nitrogens is 4. The van der Waals surface area contributed by atoms with Crippen molar-refractivity contribution in [1.82, 2.24) is 19.7 Å². The summed E-state index contributed by atoms with van der Waals surface area (Å²) in [6.45, 7) is 0. The third-order valence-electron chi connectivity index (χ3n) is 4.08. The number of hydrogen-bond acceptors (Lipinski definition) is 6. The monoisotopic (exact) mass is 381 g/mol. The minimum Gasteiger partial charge on any atom is -0.493 e. The number of benzene rings is 2. The predicted octanol–water partition coefficient (Wildman–Crippen LogP) is 4.23. The van der Waals surface area contributed by atoms with Crippen molar-refractivity contribution in [3.05, 3.63) is 60.0 Å². The van der Waals surface area contributed by atoms with Gasteiger partial charge in [-0.15, -0.1) is 0 Å². The molecule has 0 aliphatic rings. The number of halogens is 1. The van der Waals surface area contributed by atoms with Crippen LogP contribution in [-0.4, -0.2) is 34.0 Å². The van der Waals surface area contributed by atoms with E-state index < -0.39 is 0 Å². The van der Waals surface area contributed by atoms with Crippen LogP contribution in [-0.2, 0) is 0 Å². The van der Waals surface area contributed by atoms with E-state index in [0.717, 1.165) is 16.8 Å². The number of rotatable bonds is 5. The second-order valence-electron chi connectivity index (χ2n) is 5.69. The van der Waals surface area contributed by atoms with Crippen molar-refractivity contribution in [3.63, 3.8) is 0 Å². The zero-order chi connectivity index (χ0) is 18.8. The Morgan fingerprint density at radius 1 is 0.963 bits per heavy atom. The number of hydrogen-bond donors (Lipinski definition) is 1. The summed E-state index contributed by atoms with van der Waals surface area (Å²) in [6, 6.07) is 13.0. The number of nitrogens with zero attached hydrogens (tertiary/aromatic N) is 4. The molecule has 0 radical (unpaired) electrons. The van der Waals surface area contributed by atoms with E-state index in [1.54, 1.807) is 25.1 Å². The van der Waals surface area contributed by atoms with Gasteiger partial charge in [-0.25, -0.2) is 14.6 Å². The van der Waals surface area contributed by atoms with Crippen molar-refractivity contribution < 1.29 is 9.47 Å². The third-order valence-corrected chi connectivity index (χ3v) is 4.34. The maximum Gasteiger partial charge on any atom is 0.168 e. The molecule has 2 aromatic carbocycles. The smallest absolute Gasteiger partial charge is 0.168 e. The van der Waals surface area contributed by atoms with Gasteiger partial charge in [0.2, 0.25) is 0 Å². The van der Waals surface area contributed by atoms with E-state index in [0.29, 0.717) is 28.0 Å². The Labute approximate surface area is 160 Å². The molecular formula is C19H16ClN5O2. The van der Waals surface area contributed by atoms with E-state index in [1.807, 2.05) is 42.5 Å². The van der Waals surface area contributed by atoms with Gasteiger partial charge in [0.25, 0.3) is 0 Å². The molecule has 0 fully saturated rings. The summed E-state index contributed by atoms with van der Waals surface area (Å²) in [4.78, 5) is 8.73. The van der Waals surface area contributed by atoms with Crippen LogP contribution in [0.2, 0.25) is 5.02 Å². The first kappa shape index (κ1) is 17.1. The minimum absolute atomic E-state index is 0.629. The summed E-state index contributed by atoms with van der Waals surface area (Å²) in [5.41, 5.74) is 2.37. The molecule has 0 amide bonds. The number of anilines is 2. The Balaban J connectivity index is 1.72. The first-order valence-corrected chi connectivity index (χ1v) is 8.51. The van der Waals surface area contributed by atoms with Crippen molar-refractivity contribution >= 4 is 34.1 Å². The highest BCUT2D eigenvalue weighted by Gasteiger charge is 2.12. The first-order chi connectivity index (χ1) is 13.2. The number of nitrogens with one attached hydrogen (secondary N) is 1. The van der Waals surface area contributed by atoms with Crippen LogP contribution < -0.4 is 14.8 Å². The molecule has 0 atom stereocenters. The van der Waals surface area contributed by atoms with E-state index in [9.17, 15) is 0 Å². The summed E-state index contributed by atoms with van der Waals surface area (Å²) in [6.07, 6.45) is 3.23. The standard InChI is InChI=1S/C19H16ClN5O2/c1-26-16-8-5-13(9-17(16)27-2)24-18-15-10-23-25(19(15)22-11-21-18)14-6-3-12(20)4-7-14/h3-11H,1-2H3,(H,21,22,24). The maximum absolute atomic E-state index is 5.97. The van der Waals surface area contributed by atoms with Crippen molar-refractivity contribution in [2.75, 3.05) is 19.5 Å². The van der Waals surface area contributed by atoms with Gasteiger partial charge in [0.05, 0.1) is 31.5 Å². The van der Waals surface area contributed by atoms with Crippen LogP contribution in [0.1, 0.15) is 0 Å². The first-order valence-electron chi connectivity index (χ1n) is 8.13. The molecule has 136 valence electrons. The largest absolute Gasteiger partial charge is 0.493 e. The Bertz CT molecular complexity index is 1100. The molecule has 0 saturated carbocycles. The zero-order valence-electron chi connectivity index (χ0n) is 14.7. The van der Waals surface area contributed by atoms with E-state index >= 15 is 0 Å². The van der Waals surface area contributed by atoms with E-state index in [-0.39, 0.29) is 0 Å². The van der Waals surface area contributed by atoms with Crippen molar-refractivity contribution in [1.29, 1.82) is 0 Å². The van der Waals surface area contributed by atoms with Gasteiger partial charge in [-0.1, -0.05) is 11.6 Å². The minimum atomic E-state index is 0.629. The Kier molecular flexibility index (Phi) is 4.52. The van der Waals surface area contributed by atoms with Gasteiger partial charge >= 0.3 is 0 Å². The molecule has 2 aromatic heterocycles. The fraction of sp³-hybridized carbons (Fsp3) is 0.105. The predicted molar refractivity (Wildman–Crippen MR) is 104 cm³/mol. The average molecular weight is 382 g/mol. The molecule has 7 nitrogen and oxygen atoms in total. The highest BCUT2D eigenvalue weighted by atomic mass is 35.5. The van der Waals surface area contributed by atoms with Gasteiger partial charge in [0.1, 0.15) is 12.1 Å². The molecule has 0 aliphatic heterocycles. The van der Waals surface area contributed by atoms with E-state index in [4.69, 9.17) is 21.1 Å². The summed E-state index contributed by atoms with van der Waals surface area (Å²) in [5, 5.41) is 9.19. The van der Waals surface area contributed by atoms with E-state index in [2.05, 4.69) is 20.4 Å². The SMILES string of the molecule is COc1ccc(Nc2ncnc3c2cnn3-c2ccc(Cl)cc2)cc1OC. The summed E-state index contributed by atoms with van der Waals surface area (Å²) in [7, 11) is 3.20. The molecule has 1 N–H and O–H groups in total. The molecule has 0 aliphatic carbocycles. The van der Waals surface area contributed by atoms with Crippen LogP contribution in [0.3, 0.4) is 0 Å². The molecule has 0 spiro atoms. The zero-order valence-corrected chi connectivity index (χ0v) is 15.4. The Morgan fingerprint density at radius 3 is 2.48 bits per heavy atom. The van der Waals surface area contributed by atoms with Gasteiger partial charge in [-0.2, -0.15) is 5.10 Å². The highest BCUT2D eigenvalue weighted by Crippen LogP contribution is 2.32. The highest BCUT2D eigenvalue weighted by molar-refractivity contribution is 6.30.